The zero-order chi connectivity index (χ0) is 16.8. The molecule has 0 heterocycles. The maximum atomic E-state index is 12.3. The van der Waals surface area contributed by atoms with Crippen molar-refractivity contribution in [1.82, 2.24) is 5.32 Å². The lowest BCUT2D eigenvalue weighted by molar-refractivity contribution is 0.0971. The molecule has 3 heteroatoms. The first kappa shape index (κ1) is 17.4. The van der Waals surface area contributed by atoms with Crippen LogP contribution in [0.15, 0.2) is 48.5 Å². The van der Waals surface area contributed by atoms with Crippen LogP contribution in [0.5, 0.6) is 0 Å². The van der Waals surface area contributed by atoms with E-state index in [9.17, 15) is 9.90 Å². The van der Waals surface area contributed by atoms with Gasteiger partial charge in [0.05, 0.1) is 6.10 Å². The number of nitrogens with one attached hydrogen (secondary N) is 1. The number of aryl methyl sites for hydroxylation is 2. The van der Waals surface area contributed by atoms with Crippen LogP contribution in [0.25, 0.3) is 0 Å². The molecule has 0 aromatic heterocycles. The molecule has 0 bridgehead atoms. The van der Waals surface area contributed by atoms with Gasteiger partial charge in [0.2, 0.25) is 0 Å². The van der Waals surface area contributed by atoms with Crippen LogP contribution >= 0.6 is 0 Å². The number of hydrogen-bond acceptors (Lipinski definition) is 3. The Morgan fingerprint density at radius 2 is 1.83 bits per heavy atom. The third-order valence-corrected chi connectivity index (χ3v) is 4.12. The van der Waals surface area contributed by atoms with Crippen LogP contribution in [0.1, 0.15) is 46.5 Å². The van der Waals surface area contributed by atoms with Crippen LogP contribution in [-0.2, 0) is 0 Å². The Bertz CT molecular complexity index is 652. The first-order valence-corrected chi connectivity index (χ1v) is 8.06. The molecule has 3 nitrogen and oxygen atoms in total. The van der Waals surface area contributed by atoms with Gasteiger partial charge in [-0.2, -0.15) is 0 Å². The third kappa shape index (κ3) is 4.75. The zero-order valence-corrected chi connectivity index (χ0v) is 14.0. The second-order valence-corrected chi connectivity index (χ2v) is 6.09. The summed E-state index contributed by atoms with van der Waals surface area (Å²) in [6.45, 7) is 6.47. The minimum absolute atomic E-state index is 0.107. The summed E-state index contributed by atoms with van der Waals surface area (Å²) in [7, 11) is 0. The topological polar surface area (TPSA) is 49.3 Å². The molecule has 0 fully saturated rings. The quantitative estimate of drug-likeness (QED) is 0.768. The van der Waals surface area contributed by atoms with E-state index in [1.54, 1.807) is 0 Å². The van der Waals surface area contributed by atoms with Crippen molar-refractivity contribution in [1.29, 1.82) is 0 Å². The molecule has 23 heavy (non-hydrogen) atoms. The molecule has 2 N–H and O–H groups in total. The lowest BCUT2D eigenvalue weighted by atomic mass is 10.00. The molecular weight excluding hydrogens is 286 g/mol. The fourth-order valence-electron chi connectivity index (χ4n) is 2.73. The molecule has 0 saturated carbocycles. The molecule has 0 amide bonds. The van der Waals surface area contributed by atoms with E-state index in [0.717, 1.165) is 22.3 Å². The molecular formula is C20H25NO2. The van der Waals surface area contributed by atoms with Gasteiger partial charge < -0.3 is 10.4 Å². The Kier molecular flexibility index (Phi) is 6.08. The van der Waals surface area contributed by atoms with Gasteiger partial charge in [-0.3, -0.25) is 4.79 Å². The molecule has 0 radical (unpaired) electrons. The predicted octanol–water partition coefficient (Wildman–Crippen LogP) is 3.59. The van der Waals surface area contributed by atoms with E-state index in [0.29, 0.717) is 13.0 Å². The molecule has 2 unspecified atom stereocenters. The SMILES string of the molecule is Cc1ccc(C(=O)CCNC(C)C(O)c2ccccc2)c(C)c1. The number of aliphatic hydroxyl groups is 1. The van der Waals surface area contributed by atoms with Crippen molar-refractivity contribution >= 4 is 5.78 Å². The number of hydrogen-bond donors (Lipinski definition) is 2. The smallest absolute Gasteiger partial charge is 0.164 e. The summed E-state index contributed by atoms with van der Waals surface area (Å²) in [5.41, 5.74) is 3.85. The molecule has 2 aromatic rings. The van der Waals surface area contributed by atoms with Crippen molar-refractivity contribution < 1.29 is 9.90 Å². The second-order valence-electron chi connectivity index (χ2n) is 6.09. The van der Waals surface area contributed by atoms with Gasteiger partial charge >= 0.3 is 0 Å². The normalized spacial score (nSPS) is 13.6. The zero-order valence-electron chi connectivity index (χ0n) is 14.0. The van der Waals surface area contributed by atoms with E-state index in [1.165, 1.54) is 0 Å². The minimum atomic E-state index is -0.576. The van der Waals surface area contributed by atoms with E-state index in [2.05, 4.69) is 5.32 Å². The molecule has 2 atom stereocenters. The first-order chi connectivity index (χ1) is 11.0. The summed E-state index contributed by atoms with van der Waals surface area (Å²) < 4.78 is 0. The Morgan fingerprint density at radius 3 is 2.48 bits per heavy atom. The molecule has 0 saturated heterocycles. The van der Waals surface area contributed by atoms with Gasteiger partial charge in [0.1, 0.15) is 0 Å². The van der Waals surface area contributed by atoms with Crippen molar-refractivity contribution in [2.45, 2.75) is 39.3 Å². The molecule has 0 spiro atoms. The number of rotatable bonds is 7. The molecule has 2 rings (SSSR count). The standard InChI is InChI=1S/C20H25NO2/c1-14-9-10-18(15(2)13-14)19(22)11-12-21-16(3)20(23)17-7-5-4-6-8-17/h4-10,13,16,20-21,23H,11-12H2,1-3H3. The summed E-state index contributed by atoms with van der Waals surface area (Å²) in [6.07, 6.45) is -0.150. The summed E-state index contributed by atoms with van der Waals surface area (Å²) >= 11 is 0. The number of ketones is 1. The summed E-state index contributed by atoms with van der Waals surface area (Å²) in [5.74, 6) is 0.136. The van der Waals surface area contributed by atoms with Crippen molar-refractivity contribution in [3.63, 3.8) is 0 Å². The Morgan fingerprint density at radius 1 is 1.13 bits per heavy atom. The van der Waals surface area contributed by atoms with Crippen LogP contribution in [0.2, 0.25) is 0 Å². The number of Topliss-reactive ketones (excluding diaryl/α,β-unsaturated/α-hetero) is 1. The van der Waals surface area contributed by atoms with Crippen molar-refractivity contribution in [2.75, 3.05) is 6.54 Å². The van der Waals surface area contributed by atoms with E-state index < -0.39 is 6.10 Å². The molecule has 0 aliphatic heterocycles. The highest BCUT2D eigenvalue weighted by atomic mass is 16.3. The van der Waals surface area contributed by atoms with Crippen LogP contribution in [0.3, 0.4) is 0 Å². The van der Waals surface area contributed by atoms with E-state index >= 15 is 0 Å². The highest BCUT2D eigenvalue weighted by Gasteiger charge is 2.16. The number of carbonyl (C=O) groups excluding carboxylic acids is 1. The van der Waals surface area contributed by atoms with E-state index in [1.807, 2.05) is 69.3 Å². The Labute approximate surface area is 138 Å². The minimum Gasteiger partial charge on any atom is -0.387 e. The largest absolute Gasteiger partial charge is 0.387 e. The van der Waals surface area contributed by atoms with Gasteiger partial charge in [-0.15, -0.1) is 0 Å². The fraction of sp³-hybridized carbons (Fsp3) is 0.350. The summed E-state index contributed by atoms with van der Waals surface area (Å²) in [4.78, 5) is 12.3. The highest BCUT2D eigenvalue weighted by molar-refractivity contribution is 5.97. The molecule has 0 aliphatic carbocycles. The number of benzene rings is 2. The summed E-state index contributed by atoms with van der Waals surface area (Å²) in [5, 5.41) is 13.5. The predicted molar refractivity (Wildman–Crippen MR) is 93.7 cm³/mol. The second kappa shape index (κ2) is 8.04. The first-order valence-electron chi connectivity index (χ1n) is 8.06. The fourth-order valence-corrected chi connectivity index (χ4v) is 2.73. The number of carbonyl (C=O) groups is 1. The Balaban J connectivity index is 1.85. The van der Waals surface area contributed by atoms with Gasteiger partial charge in [-0.1, -0.05) is 54.1 Å². The number of aliphatic hydroxyl groups excluding tert-OH is 1. The highest BCUT2D eigenvalue weighted by Crippen LogP contribution is 2.16. The maximum Gasteiger partial charge on any atom is 0.164 e. The average molecular weight is 311 g/mol. The molecule has 122 valence electrons. The molecule has 2 aromatic carbocycles. The van der Waals surface area contributed by atoms with Gasteiger partial charge in [-0.25, -0.2) is 0 Å². The van der Waals surface area contributed by atoms with Gasteiger partial charge in [0.15, 0.2) is 5.78 Å². The van der Waals surface area contributed by atoms with Crippen LogP contribution in [0, 0.1) is 13.8 Å². The van der Waals surface area contributed by atoms with E-state index in [-0.39, 0.29) is 11.8 Å². The van der Waals surface area contributed by atoms with Gasteiger partial charge in [0.25, 0.3) is 0 Å². The van der Waals surface area contributed by atoms with Gasteiger partial charge in [-0.05, 0) is 31.9 Å². The van der Waals surface area contributed by atoms with Crippen molar-refractivity contribution in [3.05, 3.63) is 70.8 Å². The van der Waals surface area contributed by atoms with Crippen LogP contribution < -0.4 is 5.32 Å². The van der Waals surface area contributed by atoms with Crippen LogP contribution in [-0.4, -0.2) is 23.5 Å². The molecule has 0 aliphatic rings. The van der Waals surface area contributed by atoms with Crippen LogP contribution in [0.4, 0.5) is 0 Å². The van der Waals surface area contributed by atoms with Crippen molar-refractivity contribution in [3.8, 4) is 0 Å². The monoisotopic (exact) mass is 311 g/mol. The third-order valence-electron chi connectivity index (χ3n) is 4.12. The Hall–Kier alpha value is -1.97. The summed E-state index contributed by atoms with van der Waals surface area (Å²) in [6, 6.07) is 15.4. The van der Waals surface area contributed by atoms with Gasteiger partial charge in [0, 0.05) is 24.6 Å². The van der Waals surface area contributed by atoms with E-state index in [4.69, 9.17) is 0 Å². The lowest BCUT2D eigenvalue weighted by Gasteiger charge is -2.20. The average Bonchev–Trinajstić information content (AvgIpc) is 2.54. The lowest BCUT2D eigenvalue weighted by Crippen LogP contribution is -2.33. The van der Waals surface area contributed by atoms with Crippen molar-refractivity contribution in [2.24, 2.45) is 0 Å². The maximum absolute atomic E-state index is 12.3.